The Morgan fingerprint density at radius 1 is 1.35 bits per heavy atom. The van der Waals surface area contributed by atoms with Crippen molar-refractivity contribution in [1.29, 1.82) is 0 Å². The zero-order chi connectivity index (χ0) is 22.0. The lowest BCUT2D eigenvalue weighted by atomic mass is 9.95. The van der Waals surface area contributed by atoms with Gasteiger partial charge in [0.1, 0.15) is 11.5 Å². The maximum Gasteiger partial charge on any atom is 0.273 e. The maximum absolute atomic E-state index is 13.7. The lowest BCUT2D eigenvalue weighted by Gasteiger charge is -2.21. The predicted octanol–water partition coefficient (Wildman–Crippen LogP) is 4.90. The normalized spacial score (nSPS) is 15.0. The first kappa shape index (κ1) is 21.1. The molecule has 2 aromatic rings. The molecule has 0 saturated carbocycles. The zero-order valence-corrected chi connectivity index (χ0v) is 18.5. The number of aromatic nitrogens is 2. The molecule has 0 fully saturated rings. The van der Waals surface area contributed by atoms with E-state index in [-0.39, 0.29) is 11.7 Å². The number of allylic oxidation sites excluding steroid dienone is 4. The average Bonchev–Trinajstić information content (AvgIpc) is 3.37. The number of thiazole rings is 1. The van der Waals surface area contributed by atoms with E-state index in [1.54, 1.807) is 30.5 Å². The van der Waals surface area contributed by atoms with Crippen LogP contribution in [0.5, 0.6) is 5.88 Å². The molecular weight excluding hydrogens is 415 g/mol. The number of hydrogen-bond acceptors (Lipinski definition) is 6. The van der Waals surface area contributed by atoms with Crippen LogP contribution in [0.15, 0.2) is 58.6 Å². The van der Waals surface area contributed by atoms with Gasteiger partial charge in [-0.1, -0.05) is 0 Å². The van der Waals surface area contributed by atoms with Crippen molar-refractivity contribution in [2.45, 2.75) is 26.7 Å². The summed E-state index contributed by atoms with van der Waals surface area (Å²) in [6.45, 7) is 4.88. The van der Waals surface area contributed by atoms with E-state index in [1.807, 2.05) is 19.9 Å². The van der Waals surface area contributed by atoms with E-state index in [1.165, 1.54) is 23.5 Å². The average molecular weight is 439 g/mol. The molecule has 0 N–H and O–H groups in total. The Labute approximate surface area is 184 Å². The van der Waals surface area contributed by atoms with Gasteiger partial charge in [-0.05, 0) is 44.1 Å². The largest absolute Gasteiger partial charge is 0.481 e. The van der Waals surface area contributed by atoms with Crippen molar-refractivity contribution in [3.05, 3.63) is 64.4 Å². The fourth-order valence-corrected chi connectivity index (χ4v) is 4.52. The van der Waals surface area contributed by atoms with Crippen LogP contribution in [0.25, 0.3) is 10.4 Å². The first-order chi connectivity index (χ1) is 15.0. The van der Waals surface area contributed by atoms with Crippen LogP contribution < -0.4 is 4.74 Å². The second kappa shape index (κ2) is 8.93. The first-order valence-electron chi connectivity index (χ1n) is 10.1. The Hall–Kier alpha value is -3.13. The molecule has 1 aliphatic heterocycles. The number of aryl methyl sites for hydroxylation is 1. The van der Waals surface area contributed by atoms with Crippen molar-refractivity contribution >= 4 is 23.0 Å². The fourth-order valence-electron chi connectivity index (χ4n) is 3.62. The molecule has 8 heteroatoms. The SMILES string of the molecule is CCN(CCC1=CN=C2CC=C(F)C=C12)C(=O)c1nc(C)sc1-c1ccc(OC)nc1. The molecule has 31 heavy (non-hydrogen) atoms. The number of hydrogen-bond donors (Lipinski definition) is 0. The Kier molecular flexibility index (Phi) is 6.08. The highest BCUT2D eigenvalue weighted by Gasteiger charge is 2.25. The molecule has 4 rings (SSSR count). The van der Waals surface area contributed by atoms with Crippen LogP contribution in [0.4, 0.5) is 4.39 Å². The third-order valence-corrected chi connectivity index (χ3v) is 6.29. The van der Waals surface area contributed by atoms with Crippen LogP contribution in [0.2, 0.25) is 0 Å². The van der Waals surface area contributed by atoms with Crippen molar-refractivity contribution in [3.8, 4) is 16.3 Å². The van der Waals surface area contributed by atoms with E-state index in [9.17, 15) is 9.18 Å². The molecule has 0 radical (unpaired) electrons. The number of carbonyl (C=O) groups excluding carboxylic acids is 1. The summed E-state index contributed by atoms with van der Waals surface area (Å²) in [5.74, 6) is 0.157. The van der Waals surface area contributed by atoms with Crippen molar-refractivity contribution in [2.24, 2.45) is 4.99 Å². The standard InChI is InChI=1S/C23H23FN4O2S/c1-4-28(10-9-15-12-25-19-7-6-17(24)11-18(15)19)23(29)21-22(31-14(2)27-21)16-5-8-20(30-3)26-13-16/h5-6,8,11-13H,4,7,9-10H2,1-3H3. The van der Waals surface area contributed by atoms with E-state index in [0.29, 0.717) is 37.5 Å². The Balaban J connectivity index is 1.51. The van der Waals surface area contributed by atoms with Gasteiger partial charge in [-0.25, -0.2) is 14.4 Å². The van der Waals surface area contributed by atoms with Crippen molar-refractivity contribution < 1.29 is 13.9 Å². The van der Waals surface area contributed by atoms with Crippen LogP contribution in [-0.2, 0) is 0 Å². The van der Waals surface area contributed by atoms with Gasteiger partial charge < -0.3 is 9.64 Å². The predicted molar refractivity (Wildman–Crippen MR) is 120 cm³/mol. The molecular formula is C23H23FN4O2S. The van der Waals surface area contributed by atoms with Gasteiger partial charge in [-0.3, -0.25) is 9.79 Å². The third-order valence-electron chi connectivity index (χ3n) is 5.27. The third kappa shape index (κ3) is 4.34. The number of aliphatic imine (C=N–C) groups is 1. The van der Waals surface area contributed by atoms with E-state index < -0.39 is 0 Å². The molecule has 0 aromatic carbocycles. The van der Waals surface area contributed by atoms with Crippen LogP contribution in [0, 0.1) is 6.92 Å². The van der Waals surface area contributed by atoms with Gasteiger partial charge in [-0.2, -0.15) is 0 Å². The number of amides is 1. The first-order valence-corrected chi connectivity index (χ1v) is 10.9. The molecule has 0 saturated heterocycles. The Morgan fingerprint density at radius 2 is 2.19 bits per heavy atom. The summed E-state index contributed by atoms with van der Waals surface area (Å²) in [5, 5.41) is 0.816. The topological polar surface area (TPSA) is 67.7 Å². The molecule has 3 heterocycles. The second-order valence-corrected chi connectivity index (χ2v) is 8.42. The lowest BCUT2D eigenvalue weighted by Crippen LogP contribution is -2.32. The highest BCUT2D eigenvalue weighted by atomic mass is 32.1. The van der Waals surface area contributed by atoms with Crippen LogP contribution >= 0.6 is 11.3 Å². The lowest BCUT2D eigenvalue weighted by molar-refractivity contribution is 0.0762. The van der Waals surface area contributed by atoms with E-state index in [0.717, 1.165) is 32.3 Å². The molecule has 1 aliphatic carbocycles. The number of pyridine rings is 1. The van der Waals surface area contributed by atoms with Gasteiger partial charge in [0, 0.05) is 49.1 Å². The molecule has 0 spiro atoms. The summed E-state index contributed by atoms with van der Waals surface area (Å²) >= 11 is 1.47. The fraction of sp³-hybridized carbons (Fsp3) is 0.304. The summed E-state index contributed by atoms with van der Waals surface area (Å²) < 4.78 is 18.8. The number of fused-ring (bicyclic) bond motifs is 1. The van der Waals surface area contributed by atoms with Gasteiger partial charge in [0.25, 0.3) is 5.91 Å². The second-order valence-electron chi connectivity index (χ2n) is 7.22. The molecule has 0 atom stereocenters. The minimum Gasteiger partial charge on any atom is -0.481 e. The van der Waals surface area contributed by atoms with E-state index in [4.69, 9.17) is 4.74 Å². The zero-order valence-electron chi connectivity index (χ0n) is 17.7. The quantitative estimate of drug-likeness (QED) is 0.617. The Bertz CT molecular complexity index is 1130. The minimum absolute atomic E-state index is 0.124. The van der Waals surface area contributed by atoms with Crippen molar-refractivity contribution in [1.82, 2.24) is 14.9 Å². The highest BCUT2D eigenvalue weighted by Crippen LogP contribution is 2.32. The summed E-state index contributed by atoms with van der Waals surface area (Å²) in [6.07, 6.45) is 7.64. The smallest absolute Gasteiger partial charge is 0.273 e. The maximum atomic E-state index is 13.7. The molecule has 2 aromatic heterocycles. The molecule has 6 nitrogen and oxygen atoms in total. The van der Waals surface area contributed by atoms with Crippen molar-refractivity contribution in [3.63, 3.8) is 0 Å². The van der Waals surface area contributed by atoms with Crippen molar-refractivity contribution in [2.75, 3.05) is 20.2 Å². The summed E-state index contributed by atoms with van der Waals surface area (Å²) in [4.78, 5) is 29.1. The van der Waals surface area contributed by atoms with Gasteiger partial charge >= 0.3 is 0 Å². The molecule has 0 unspecified atom stereocenters. The molecule has 2 aliphatic rings. The summed E-state index contributed by atoms with van der Waals surface area (Å²) in [5.41, 5.74) is 3.95. The monoisotopic (exact) mass is 438 g/mol. The Morgan fingerprint density at radius 3 is 2.90 bits per heavy atom. The van der Waals surface area contributed by atoms with E-state index >= 15 is 0 Å². The number of methoxy groups -OCH3 is 1. The summed E-state index contributed by atoms with van der Waals surface area (Å²) in [6, 6.07) is 3.65. The number of carbonyl (C=O) groups is 1. The number of rotatable bonds is 7. The molecule has 0 bridgehead atoms. The van der Waals surface area contributed by atoms with Gasteiger partial charge in [0.05, 0.1) is 22.7 Å². The number of nitrogens with zero attached hydrogens (tertiary/aromatic N) is 4. The number of halogens is 1. The van der Waals surface area contributed by atoms with Gasteiger partial charge in [-0.15, -0.1) is 11.3 Å². The molecule has 1 amide bonds. The number of ether oxygens (including phenoxy) is 1. The van der Waals surface area contributed by atoms with Crippen LogP contribution in [-0.4, -0.2) is 46.7 Å². The molecule has 160 valence electrons. The van der Waals surface area contributed by atoms with Gasteiger partial charge in [0.2, 0.25) is 5.88 Å². The minimum atomic E-state index is -0.235. The van der Waals surface area contributed by atoms with E-state index in [2.05, 4.69) is 15.0 Å². The van der Waals surface area contributed by atoms with Gasteiger partial charge in [0.15, 0.2) is 0 Å². The van der Waals surface area contributed by atoms with Crippen LogP contribution in [0.1, 0.15) is 35.3 Å². The summed E-state index contributed by atoms with van der Waals surface area (Å²) in [7, 11) is 1.56. The van der Waals surface area contributed by atoms with Crippen LogP contribution in [0.3, 0.4) is 0 Å². The highest BCUT2D eigenvalue weighted by molar-refractivity contribution is 7.15.